The van der Waals surface area contributed by atoms with Crippen molar-refractivity contribution in [2.45, 2.75) is 25.9 Å². The number of carboxylic acid groups (broad SMARTS) is 1. The number of carboxylic acids is 1. The molecule has 3 rings (SSSR count). The molecule has 0 fully saturated rings. The molecular formula is C18H20N2O3. The van der Waals surface area contributed by atoms with Gasteiger partial charge in [-0.1, -0.05) is 6.07 Å². The number of carbonyl (C=O) groups is 1. The van der Waals surface area contributed by atoms with Crippen LogP contribution in [-0.2, 0) is 19.5 Å². The fourth-order valence-electron chi connectivity index (χ4n) is 3.03. The third kappa shape index (κ3) is 3.51. The zero-order valence-electron chi connectivity index (χ0n) is 13.2. The first-order valence-electron chi connectivity index (χ1n) is 7.72. The fraction of sp³-hybridized carbons (Fsp3) is 0.333. The summed E-state index contributed by atoms with van der Waals surface area (Å²) in [4.78, 5) is 17.9. The Bertz CT molecular complexity index is 715. The Morgan fingerprint density at radius 2 is 2.22 bits per heavy atom. The molecule has 0 unspecified atom stereocenters. The van der Waals surface area contributed by atoms with Crippen LogP contribution in [0.15, 0.2) is 36.5 Å². The third-order valence-electron chi connectivity index (χ3n) is 4.22. The van der Waals surface area contributed by atoms with Crippen LogP contribution in [0.5, 0.6) is 5.75 Å². The van der Waals surface area contributed by atoms with Gasteiger partial charge in [0, 0.05) is 19.3 Å². The maximum Gasteiger partial charge on any atom is 0.337 e. The van der Waals surface area contributed by atoms with Crippen LogP contribution >= 0.6 is 0 Å². The highest BCUT2D eigenvalue weighted by Crippen LogP contribution is 2.24. The molecule has 0 radical (unpaired) electrons. The number of aromatic carboxylic acids is 1. The van der Waals surface area contributed by atoms with Gasteiger partial charge >= 0.3 is 5.97 Å². The van der Waals surface area contributed by atoms with Crippen molar-refractivity contribution in [3.63, 3.8) is 0 Å². The maximum atomic E-state index is 11.3. The van der Waals surface area contributed by atoms with Crippen LogP contribution in [0.2, 0.25) is 0 Å². The highest BCUT2D eigenvalue weighted by molar-refractivity contribution is 5.88. The molecule has 1 aromatic heterocycles. The lowest BCUT2D eigenvalue weighted by Gasteiger charge is -2.20. The molecule has 1 aliphatic rings. The lowest BCUT2D eigenvalue weighted by molar-refractivity contribution is 0.0693. The molecule has 0 amide bonds. The number of fused-ring (bicyclic) bond motifs is 1. The maximum absolute atomic E-state index is 11.3. The van der Waals surface area contributed by atoms with E-state index in [0.29, 0.717) is 12.2 Å². The summed E-state index contributed by atoms with van der Waals surface area (Å²) in [6.07, 6.45) is 3.70. The largest absolute Gasteiger partial charge is 0.497 e. The van der Waals surface area contributed by atoms with E-state index in [0.717, 1.165) is 31.7 Å². The minimum absolute atomic E-state index is 0.284. The van der Waals surface area contributed by atoms with Crippen LogP contribution in [0.25, 0.3) is 0 Å². The first kappa shape index (κ1) is 15.5. The standard InChI is InChI=1S/C18H20N2O3/c1-23-15-7-6-14-11-20(9-3-4-13(14)10-15)12-17-16(18(21)22)5-2-8-19-17/h2,5-8,10H,3-4,9,11-12H2,1H3,(H,21,22). The van der Waals surface area contributed by atoms with Crippen LogP contribution in [0.3, 0.4) is 0 Å². The van der Waals surface area contributed by atoms with Gasteiger partial charge in [0.05, 0.1) is 18.4 Å². The summed E-state index contributed by atoms with van der Waals surface area (Å²) in [6.45, 7) is 2.27. The number of benzene rings is 1. The molecule has 5 nitrogen and oxygen atoms in total. The molecule has 1 aromatic carbocycles. The third-order valence-corrected chi connectivity index (χ3v) is 4.22. The molecule has 0 saturated heterocycles. The minimum atomic E-state index is -0.923. The molecule has 0 saturated carbocycles. The predicted molar refractivity (Wildman–Crippen MR) is 86.6 cm³/mol. The molecule has 0 atom stereocenters. The SMILES string of the molecule is COc1ccc2c(c1)CCCN(Cc1ncccc1C(=O)O)C2. The van der Waals surface area contributed by atoms with E-state index in [4.69, 9.17) is 4.74 Å². The van der Waals surface area contributed by atoms with Gasteiger partial charge in [-0.05, 0) is 54.8 Å². The number of pyridine rings is 1. The quantitative estimate of drug-likeness (QED) is 0.940. The Hall–Kier alpha value is -2.40. The lowest BCUT2D eigenvalue weighted by Crippen LogP contribution is -2.24. The van der Waals surface area contributed by atoms with Crippen molar-refractivity contribution >= 4 is 5.97 Å². The highest BCUT2D eigenvalue weighted by atomic mass is 16.5. The van der Waals surface area contributed by atoms with E-state index >= 15 is 0 Å². The molecule has 1 N–H and O–H groups in total. The van der Waals surface area contributed by atoms with E-state index in [1.54, 1.807) is 25.4 Å². The van der Waals surface area contributed by atoms with Gasteiger partial charge in [-0.3, -0.25) is 9.88 Å². The average molecular weight is 312 g/mol. The van der Waals surface area contributed by atoms with Gasteiger partial charge in [-0.25, -0.2) is 4.79 Å². The first-order valence-corrected chi connectivity index (χ1v) is 7.72. The number of aromatic nitrogens is 1. The summed E-state index contributed by atoms with van der Waals surface area (Å²) in [5, 5.41) is 9.29. The van der Waals surface area contributed by atoms with Crippen LogP contribution in [-0.4, -0.2) is 34.6 Å². The van der Waals surface area contributed by atoms with Crippen molar-refractivity contribution in [1.29, 1.82) is 0 Å². The van der Waals surface area contributed by atoms with Gasteiger partial charge in [-0.15, -0.1) is 0 Å². The summed E-state index contributed by atoms with van der Waals surface area (Å²) >= 11 is 0. The fourth-order valence-corrected chi connectivity index (χ4v) is 3.03. The number of ether oxygens (including phenoxy) is 1. The van der Waals surface area contributed by atoms with Crippen molar-refractivity contribution in [3.8, 4) is 5.75 Å². The monoisotopic (exact) mass is 312 g/mol. The van der Waals surface area contributed by atoms with Crippen molar-refractivity contribution in [1.82, 2.24) is 9.88 Å². The first-order chi connectivity index (χ1) is 11.2. The van der Waals surface area contributed by atoms with Crippen LogP contribution in [0, 0.1) is 0 Å². The van der Waals surface area contributed by atoms with Gasteiger partial charge in [0.1, 0.15) is 5.75 Å². The zero-order valence-corrected chi connectivity index (χ0v) is 13.2. The molecule has 1 aliphatic heterocycles. The van der Waals surface area contributed by atoms with Crippen molar-refractivity contribution in [2.75, 3.05) is 13.7 Å². The summed E-state index contributed by atoms with van der Waals surface area (Å²) < 4.78 is 5.30. The smallest absolute Gasteiger partial charge is 0.337 e. The summed E-state index contributed by atoms with van der Waals surface area (Å²) in [6, 6.07) is 9.45. The zero-order chi connectivity index (χ0) is 16.2. The Kier molecular flexibility index (Phi) is 4.57. The number of hydrogen-bond acceptors (Lipinski definition) is 4. The molecule has 23 heavy (non-hydrogen) atoms. The van der Waals surface area contributed by atoms with E-state index < -0.39 is 5.97 Å². The number of hydrogen-bond donors (Lipinski definition) is 1. The highest BCUT2D eigenvalue weighted by Gasteiger charge is 2.18. The van der Waals surface area contributed by atoms with Crippen molar-refractivity contribution in [3.05, 3.63) is 58.9 Å². The molecule has 2 heterocycles. The normalized spacial score (nSPS) is 14.8. The van der Waals surface area contributed by atoms with Gasteiger partial charge in [0.25, 0.3) is 0 Å². The molecule has 120 valence electrons. The van der Waals surface area contributed by atoms with Gasteiger partial charge < -0.3 is 9.84 Å². The predicted octanol–water partition coefficient (Wildman–Crippen LogP) is 2.74. The Morgan fingerprint density at radius 1 is 1.35 bits per heavy atom. The molecule has 0 spiro atoms. The number of methoxy groups -OCH3 is 1. The summed E-state index contributed by atoms with van der Waals surface area (Å²) in [5.41, 5.74) is 3.49. The topological polar surface area (TPSA) is 62.7 Å². The Labute approximate surface area is 135 Å². The minimum Gasteiger partial charge on any atom is -0.497 e. The van der Waals surface area contributed by atoms with E-state index in [9.17, 15) is 9.90 Å². The summed E-state index contributed by atoms with van der Waals surface area (Å²) in [7, 11) is 1.68. The molecule has 0 aliphatic carbocycles. The average Bonchev–Trinajstić information content (AvgIpc) is 2.76. The molecule has 2 aromatic rings. The van der Waals surface area contributed by atoms with Crippen LogP contribution in [0.4, 0.5) is 0 Å². The number of aryl methyl sites for hydroxylation is 1. The molecular weight excluding hydrogens is 292 g/mol. The van der Waals surface area contributed by atoms with Gasteiger partial charge in [0.2, 0.25) is 0 Å². The van der Waals surface area contributed by atoms with Crippen LogP contribution < -0.4 is 4.74 Å². The molecule has 0 bridgehead atoms. The summed E-state index contributed by atoms with van der Waals surface area (Å²) in [5.74, 6) is -0.0388. The second-order valence-electron chi connectivity index (χ2n) is 5.75. The second kappa shape index (κ2) is 6.79. The van der Waals surface area contributed by atoms with Crippen molar-refractivity contribution in [2.24, 2.45) is 0 Å². The Morgan fingerprint density at radius 3 is 3.00 bits per heavy atom. The van der Waals surface area contributed by atoms with Crippen molar-refractivity contribution < 1.29 is 14.6 Å². The number of rotatable bonds is 4. The van der Waals surface area contributed by atoms with Gasteiger partial charge in [-0.2, -0.15) is 0 Å². The van der Waals surface area contributed by atoms with E-state index in [2.05, 4.69) is 22.0 Å². The Balaban J connectivity index is 1.81. The lowest BCUT2D eigenvalue weighted by atomic mass is 10.0. The van der Waals surface area contributed by atoms with Crippen LogP contribution in [0.1, 0.15) is 33.6 Å². The van der Waals surface area contributed by atoms with E-state index in [1.165, 1.54) is 11.1 Å². The van der Waals surface area contributed by atoms with Gasteiger partial charge in [0.15, 0.2) is 0 Å². The van der Waals surface area contributed by atoms with E-state index in [1.807, 2.05) is 6.07 Å². The van der Waals surface area contributed by atoms with E-state index in [-0.39, 0.29) is 5.56 Å². The second-order valence-corrected chi connectivity index (χ2v) is 5.75. The number of nitrogens with zero attached hydrogens (tertiary/aromatic N) is 2. The molecule has 5 heteroatoms.